The normalized spacial score (nSPS) is 22.8. The third kappa shape index (κ3) is 6.84. The Hall–Kier alpha value is -1.32. The molecule has 2 aliphatic carbocycles. The van der Waals surface area contributed by atoms with Crippen LogP contribution in [-0.2, 0) is 9.53 Å². The predicted octanol–water partition coefficient (Wildman–Crippen LogP) is 6.00. The van der Waals surface area contributed by atoms with Crippen LogP contribution < -0.4 is 5.32 Å². The first-order valence-corrected chi connectivity index (χ1v) is 13.5. The van der Waals surface area contributed by atoms with Crippen LogP contribution in [0.25, 0.3) is 0 Å². The Morgan fingerprint density at radius 1 is 1.16 bits per heavy atom. The minimum absolute atomic E-state index is 0.0693. The fraction of sp³-hybridized carbons (Fsp3) is 0.783. The average Bonchev–Trinajstić information content (AvgIpc) is 3.00. The van der Waals surface area contributed by atoms with Gasteiger partial charge in [0.2, 0.25) is 0 Å². The monoisotopic (exact) mass is 483 g/mol. The zero-order chi connectivity index (χ0) is 23.1. The number of hydrogen-bond donors (Lipinski definition) is 2. The summed E-state index contributed by atoms with van der Waals surface area (Å²) >= 11 is 2.59. The summed E-state index contributed by atoms with van der Waals surface area (Å²) in [5, 5.41) is 12.9. The fourth-order valence-electron chi connectivity index (χ4n) is 4.71. The van der Waals surface area contributed by atoms with Crippen LogP contribution in [0.5, 0.6) is 0 Å². The molecule has 2 aliphatic rings. The van der Waals surface area contributed by atoms with E-state index in [4.69, 9.17) is 4.74 Å². The van der Waals surface area contributed by atoms with Crippen LogP contribution in [0, 0.1) is 0 Å². The number of carbonyl (C=O) groups excluding carboxylic acids is 1. The van der Waals surface area contributed by atoms with Crippen molar-refractivity contribution in [2.24, 2.45) is 0 Å². The first kappa shape index (κ1) is 25.3. The smallest absolute Gasteiger partial charge is 0.324 e. The summed E-state index contributed by atoms with van der Waals surface area (Å²) in [7, 11) is 0. The van der Waals surface area contributed by atoms with Gasteiger partial charge < -0.3 is 14.7 Å². The van der Waals surface area contributed by atoms with Crippen molar-refractivity contribution in [3.63, 3.8) is 0 Å². The summed E-state index contributed by atoms with van der Waals surface area (Å²) < 4.78 is 5.66. The van der Waals surface area contributed by atoms with Crippen molar-refractivity contribution in [3.8, 4) is 0 Å². The summed E-state index contributed by atoms with van der Waals surface area (Å²) in [6.45, 7) is 6.12. The molecule has 2 fully saturated rings. The highest BCUT2D eigenvalue weighted by Crippen LogP contribution is 2.38. The number of aliphatic carboxylic acids is 1. The van der Waals surface area contributed by atoms with Gasteiger partial charge in [0.25, 0.3) is 0 Å². The molecule has 1 aromatic rings. The standard InChI is InChI=1S/C23H37N3O4S2/c1-4-30-18-13-11-17(12-14-18)26(16-9-7-5-6-8-10-16)22(29)25-21-24-15-19(31-21)32-23(2,3)20(27)28/h15-18H,4-14H2,1-3H3,(H,27,28)(H,24,25,29)/t17-,18-. The van der Waals surface area contributed by atoms with Gasteiger partial charge in [-0.25, -0.2) is 9.78 Å². The van der Waals surface area contributed by atoms with Gasteiger partial charge in [0, 0.05) is 18.7 Å². The number of anilines is 1. The topological polar surface area (TPSA) is 91.8 Å². The number of nitrogens with one attached hydrogen (secondary N) is 1. The van der Waals surface area contributed by atoms with Gasteiger partial charge in [0.15, 0.2) is 5.13 Å². The van der Waals surface area contributed by atoms with Gasteiger partial charge in [-0.2, -0.15) is 0 Å². The number of nitrogens with zero attached hydrogens (tertiary/aromatic N) is 2. The van der Waals surface area contributed by atoms with Gasteiger partial charge in [-0.3, -0.25) is 10.1 Å². The van der Waals surface area contributed by atoms with E-state index in [-0.39, 0.29) is 18.1 Å². The maximum atomic E-state index is 13.5. The molecule has 0 aromatic carbocycles. The van der Waals surface area contributed by atoms with E-state index >= 15 is 0 Å². The van der Waals surface area contributed by atoms with E-state index in [9.17, 15) is 14.7 Å². The second-order valence-corrected chi connectivity index (χ2v) is 12.2. The van der Waals surface area contributed by atoms with Crippen molar-refractivity contribution in [2.45, 2.75) is 112 Å². The minimum Gasteiger partial charge on any atom is -0.480 e. The number of carbonyl (C=O) groups is 2. The van der Waals surface area contributed by atoms with Crippen LogP contribution >= 0.6 is 23.1 Å². The van der Waals surface area contributed by atoms with Gasteiger partial charge in [0.05, 0.1) is 16.5 Å². The molecule has 0 saturated heterocycles. The van der Waals surface area contributed by atoms with E-state index in [2.05, 4.69) is 15.2 Å². The lowest BCUT2D eigenvalue weighted by Crippen LogP contribution is -2.50. The number of aromatic nitrogens is 1. The largest absolute Gasteiger partial charge is 0.480 e. The second kappa shape index (κ2) is 11.7. The van der Waals surface area contributed by atoms with Crippen LogP contribution in [-0.4, -0.2) is 56.5 Å². The number of amides is 2. The van der Waals surface area contributed by atoms with E-state index in [1.165, 1.54) is 48.8 Å². The number of carboxylic acids is 1. The molecule has 32 heavy (non-hydrogen) atoms. The predicted molar refractivity (Wildman–Crippen MR) is 130 cm³/mol. The number of carboxylic acid groups (broad SMARTS) is 1. The van der Waals surface area contributed by atoms with Crippen molar-refractivity contribution >= 4 is 40.2 Å². The quantitative estimate of drug-likeness (QED) is 0.348. The van der Waals surface area contributed by atoms with Gasteiger partial charge in [-0.1, -0.05) is 48.8 Å². The molecule has 0 bridgehead atoms. The maximum Gasteiger partial charge on any atom is 0.324 e. The number of ether oxygens (including phenoxy) is 1. The van der Waals surface area contributed by atoms with Gasteiger partial charge in [0.1, 0.15) is 4.75 Å². The maximum absolute atomic E-state index is 13.5. The van der Waals surface area contributed by atoms with Crippen LogP contribution in [0.3, 0.4) is 0 Å². The van der Waals surface area contributed by atoms with Crippen molar-refractivity contribution in [2.75, 3.05) is 11.9 Å². The number of rotatable bonds is 8. The summed E-state index contributed by atoms with van der Waals surface area (Å²) in [5.74, 6) is -0.872. The van der Waals surface area contributed by atoms with Gasteiger partial charge in [-0.05, 0) is 59.3 Å². The Morgan fingerprint density at radius 3 is 2.38 bits per heavy atom. The van der Waals surface area contributed by atoms with Gasteiger partial charge >= 0.3 is 12.0 Å². The highest BCUT2D eigenvalue weighted by molar-refractivity contribution is 8.03. The third-order valence-corrected chi connectivity index (χ3v) is 8.66. The van der Waals surface area contributed by atoms with Crippen molar-refractivity contribution in [1.29, 1.82) is 0 Å². The Bertz CT molecular complexity index is 754. The fourth-order valence-corrected chi connectivity index (χ4v) is 6.97. The van der Waals surface area contributed by atoms with E-state index < -0.39 is 10.7 Å². The number of thiazole rings is 1. The second-order valence-electron chi connectivity index (χ2n) is 9.27. The zero-order valence-corrected chi connectivity index (χ0v) is 21.1. The Morgan fingerprint density at radius 2 is 1.78 bits per heavy atom. The van der Waals surface area contributed by atoms with E-state index in [1.807, 2.05) is 6.92 Å². The first-order chi connectivity index (χ1) is 15.3. The van der Waals surface area contributed by atoms with Crippen LogP contribution in [0.1, 0.15) is 85.0 Å². The molecule has 0 atom stereocenters. The van der Waals surface area contributed by atoms with Gasteiger partial charge in [-0.15, -0.1) is 0 Å². The molecule has 0 radical (unpaired) electrons. The lowest BCUT2D eigenvalue weighted by Gasteiger charge is -2.41. The third-order valence-electron chi connectivity index (χ3n) is 6.46. The molecule has 3 rings (SSSR count). The first-order valence-electron chi connectivity index (χ1n) is 11.9. The number of hydrogen-bond acceptors (Lipinski definition) is 6. The Labute approximate surface area is 199 Å². The van der Waals surface area contributed by atoms with E-state index in [1.54, 1.807) is 20.0 Å². The molecule has 0 spiro atoms. The van der Waals surface area contributed by atoms with Crippen LogP contribution in [0.15, 0.2) is 10.4 Å². The van der Waals surface area contributed by atoms with Crippen molar-refractivity contribution in [1.82, 2.24) is 9.88 Å². The minimum atomic E-state index is -0.945. The molecule has 0 aliphatic heterocycles. The van der Waals surface area contributed by atoms with Crippen molar-refractivity contribution < 1.29 is 19.4 Å². The zero-order valence-electron chi connectivity index (χ0n) is 19.5. The highest BCUT2D eigenvalue weighted by atomic mass is 32.2. The SMILES string of the molecule is CCO[C@H]1CC[C@H](N(C(=O)Nc2ncc(SC(C)(C)C(=O)O)s2)C2CCCCCC2)CC1. The summed E-state index contributed by atoms with van der Waals surface area (Å²) in [6.07, 6.45) is 12.9. The lowest BCUT2D eigenvalue weighted by molar-refractivity contribution is -0.138. The molecule has 2 saturated carbocycles. The molecule has 1 heterocycles. The number of thioether (sulfide) groups is 1. The number of urea groups is 1. The van der Waals surface area contributed by atoms with Crippen molar-refractivity contribution in [3.05, 3.63) is 6.20 Å². The molecule has 9 heteroatoms. The van der Waals surface area contributed by atoms with Crippen LogP contribution in [0.4, 0.5) is 9.93 Å². The molecule has 7 nitrogen and oxygen atoms in total. The molecule has 1 aromatic heterocycles. The summed E-state index contributed by atoms with van der Waals surface area (Å²) in [5.41, 5.74) is 0. The van der Waals surface area contributed by atoms with Crippen LogP contribution in [0.2, 0.25) is 0 Å². The van der Waals surface area contributed by atoms with E-state index in [0.717, 1.165) is 49.3 Å². The molecule has 0 unspecified atom stereocenters. The average molecular weight is 484 g/mol. The molecular weight excluding hydrogens is 446 g/mol. The Balaban J connectivity index is 1.69. The molecule has 2 amide bonds. The molecular formula is C23H37N3O4S2. The van der Waals surface area contributed by atoms with E-state index in [0.29, 0.717) is 11.2 Å². The molecule has 180 valence electrons. The summed E-state index contributed by atoms with van der Waals surface area (Å²) in [4.78, 5) is 31.4. The highest BCUT2D eigenvalue weighted by Gasteiger charge is 2.35. The molecule has 2 N–H and O–H groups in total. The Kier molecular flexibility index (Phi) is 9.25. The summed E-state index contributed by atoms with van der Waals surface area (Å²) in [6, 6.07) is 0.431. The lowest BCUT2D eigenvalue weighted by atomic mass is 9.90.